The van der Waals surface area contributed by atoms with Gasteiger partial charge in [-0.3, -0.25) is 4.79 Å². The van der Waals surface area contributed by atoms with Gasteiger partial charge < -0.3 is 10.1 Å². The number of anilines is 1. The van der Waals surface area contributed by atoms with E-state index in [9.17, 15) is 4.79 Å². The summed E-state index contributed by atoms with van der Waals surface area (Å²) in [6.07, 6.45) is -0.626. The molecule has 96 valence electrons. The molecule has 19 heavy (non-hydrogen) atoms. The van der Waals surface area contributed by atoms with Gasteiger partial charge in [0.15, 0.2) is 5.75 Å². The number of halogens is 2. The highest BCUT2D eigenvalue weighted by Crippen LogP contribution is 2.40. The second-order valence-electron chi connectivity index (χ2n) is 4.16. The SMILES string of the molecule is O=C1Nc2cccc(Br)c2OC1c1ccc(Br)cc1. The number of nitrogens with one attached hydrogen (secondary N) is 1. The molecule has 1 unspecified atom stereocenters. The van der Waals surface area contributed by atoms with Crippen molar-refractivity contribution in [2.24, 2.45) is 0 Å². The van der Waals surface area contributed by atoms with Gasteiger partial charge in [0.25, 0.3) is 5.91 Å². The first-order chi connectivity index (χ1) is 9.15. The first-order valence-corrected chi connectivity index (χ1v) is 7.25. The van der Waals surface area contributed by atoms with Gasteiger partial charge in [0.1, 0.15) is 0 Å². The molecule has 0 bridgehead atoms. The van der Waals surface area contributed by atoms with Gasteiger partial charge in [0.2, 0.25) is 6.10 Å². The van der Waals surface area contributed by atoms with Crippen LogP contribution in [0.15, 0.2) is 51.4 Å². The van der Waals surface area contributed by atoms with Crippen LogP contribution in [0, 0.1) is 0 Å². The molecule has 1 N–H and O–H groups in total. The second kappa shape index (κ2) is 4.98. The summed E-state index contributed by atoms with van der Waals surface area (Å²) >= 11 is 6.80. The largest absolute Gasteiger partial charge is 0.472 e. The summed E-state index contributed by atoms with van der Waals surface area (Å²) in [6, 6.07) is 13.1. The Bertz CT molecular complexity index is 640. The molecule has 3 nitrogen and oxygen atoms in total. The lowest BCUT2D eigenvalue weighted by Crippen LogP contribution is -2.30. The summed E-state index contributed by atoms with van der Waals surface area (Å²) in [5.41, 5.74) is 1.51. The van der Waals surface area contributed by atoms with E-state index in [0.29, 0.717) is 11.4 Å². The minimum Gasteiger partial charge on any atom is -0.472 e. The molecule has 1 aliphatic rings. The number of hydrogen-bond acceptors (Lipinski definition) is 2. The molecular formula is C14H9Br2NO2. The van der Waals surface area contributed by atoms with Gasteiger partial charge in [0, 0.05) is 10.0 Å². The van der Waals surface area contributed by atoms with Crippen molar-refractivity contribution < 1.29 is 9.53 Å². The lowest BCUT2D eigenvalue weighted by molar-refractivity contribution is -0.123. The van der Waals surface area contributed by atoms with Gasteiger partial charge in [0.05, 0.1) is 10.2 Å². The maximum atomic E-state index is 12.1. The van der Waals surface area contributed by atoms with Crippen molar-refractivity contribution in [2.75, 3.05) is 5.32 Å². The van der Waals surface area contributed by atoms with E-state index in [-0.39, 0.29) is 5.91 Å². The van der Waals surface area contributed by atoms with Gasteiger partial charge in [-0.15, -0.1) is 0 Å². The van der Waals surface area contributed by atoms with E-state index in [2.05, 4.69) is 37.2 Å². The molecule has 1 atom stereocenters. The number of benzene rings is 2. The van der Waals surface area contributed by atoms with Crippen molar-refractivity contribution in [3.05, 3.63) is 57.0 Å². The van der Waals surface area contributed by atoms with Crippen LogP contribution in [0.25, 0.3) is 0 Å². The van der Waals surface area contributed by atoms with Crippen molar-refractivity contribution in [3.8, 4) is 5.75 Å². The number of fused-ring (bicyclic) bond motifs is 1. The molecule has 2 aromatic rings. The Morgan fingerprint density at radius 2 is 1.79 bits per heavy atom. The normalized spacial score (nSPS) is 17.4. The molecule has 1 amide bonds. The third kappa shape index (κ3) is 2.40. The highest BCUT2D eigenvalue weighted by atomic mass is 79.9. The summed E-state index contributed by atoms with van der Waals surface area (Å²) in [5, 5.41) is 2.86. The van der Waals surface area contributed by atoms with Crippen molar-refractivity contribution in [1.82, 2.24) is 0 Å². The van der Waals surface area contributed by atoms with E-state index in [0.717, 1.165) is 14.5 Å². The average molecular weight is 383 g/mol. The average Bonchev–Trinajstić information content (AvgIpc) is 2.40. The van der Waals surface area contributed by atoms with Gasteiger partial charge >= 0.3 is 0 Å². The highest BCUT2D eigenvalue weighted by molar-refractivity contribution is 9.10. The van der Waals surface area contributed by atoms with Crippen LogP contribution in [0.1, 0.15) is 11.7 Å². The molecule has 0 aromatic heterocycles. The maximum Gasteiger partial charge on any atom is 0.270 e. The fourth-order valence-corrected chi connectivity index (χ4v) is 2.68. The van der Waals surface area contributed by atoms with Gasteiger partial charge in [-0.25, -0.2) is 0 Å². The predicted octanol–water partition coefficient (Wildman–Crippen LogP) is 4.28. The Kier molecular flexibility index (Phi) is 3.33. The van der Waals surface area contributed by atoms with Gasteiger partial charge in [-0.1, -0.05) is 34.1 Å². The Morgan fingerprint density at radius 1 is 1.05 bits per heavy atom. The predicted molar refractivity (Wildman–Crippen MR) is 80.3 cm³/mol. The summed E-state index contributed by atoms with van der Waals surface area (Å²) in [6.45, 7) is 0. The minimum absolute atomic E-state index is 0.159. The summed E-state index contributed by atoms with van der Waals surface area (Å²) in [5.74, 6) is 0.503. The van der Waals surface area contributed by atoms with Gasteiger partial charge in [-0.2, -0.15) is 0 Å². The smallest absolute Gasteiger partial charge is 0.270 e. The zero-order valence-corrected chi connectivity index (χ0v) is 12.9. The monoisotopic (exact) mass is 381 g/mol. The topological polar surface area (TPSA) is 38.3 Å². The molecule has 1 aliphatic heterocycles. The van der Waals surface area contributed by atoms with E-state index in [4.69, 9.17) is 4.74 Å². The van der Waals surface area contributed by atoms with Crippen LogP contribution < -0.4 is 10.1 Å². The Morgan fingerprint density at radius 3 is 2.53 bits per heavy atom. The first-order valence-electron chi connectivity index (χ1n) is 5.66. The summed E-state index contributed by atoms with van der Waals surface area (Å²) < 4.78 is 7.62. The maximum absolute atomic E-state index is 12.1. The lowest BCUT2D eigenvalue weighted by atomic mass is 10.1. The molecular weight excluding hydrogens is 374 g/mol. The van der Waals surface area contributed by atoms with Crippen molar-refractivity contribution >= 4 is 43.5 Å². The fourth-order valence-electron chi connectivity index (χ4n) is 1.95. The first kappa shape index (κ1) is 12.7. The third-order valence-corrected chi connectivity index (χ3v) is 4.02. The fraction of sp³-hybridized carbons (Fsp3) is 0.0714. The van der Waals surface area contributed by atoms with Crippen LogP contribution in [0.5, 0.6) is 5.75 Å². The third-order valence-electron chi connectivity index (χ3n) is 2.87. The zero-order valence-electron chi connectivity index (χ0n) is 9.69. The van der Waals surface area contributed by atoms with Crippen LogP contribution in [-0.2, 0) is 4.79 Å². The lowest BCUT2D eigenvalue weighted by Gasteiger charge is -2.26. The van der Waals surface area contributed by atoms with Crippen LogP contribution in [0.4, 0.5) is 5.69 Å². The molecule has 0 saturated carbocycles. The molecule has 1 heterocycles. The van der Waals surface area contributed by atoms with Crippen LogP contribution >= 0.6 is 31.9 Å². The Hall–Kier alpha value is -1.33. The molecule has 0 saturated heterocycles. The van der Waals surface area contributed by atoms with E-state index in [1.807, 2.05) is 42.5 Å². The number of para-hydroxylation sites is 1. The number of rotatable bonds is 1. The molecule has 0 fully saturated rings. The summed E-state index contributed by atoms with van der Waals surface area (Å²) in [4.78, 5) is 12.1. The van der Waals surface area contributed by atoms with Crippen LogP contribution in [0.2, 0.25) is 0 Å². The number of carbonyl (C=O) groups is 1. The highest BCUT2D eigenvalue weighted by Gasteiger charge is 2.30. The standard InChI is InChI=1S/C14H9Br2NO2/c15-9-6-4-8(5-7-9)12-14(18)17-11-3-1-2-10(16)13(11)19-12/h1-7,12H,(H,17,18). The number of carbonyl (C=O) groups excluding carboxylic acids is 1. The number of ether oxygens (including phenoxy) is 1. The van der Waals surface area contributed by atoms with Crippen LogP contribution in [-0.4, -0.2) is 5.91 Å². The number of hydrogen-bond donors (Lipinski definition) is 1. The number of amides is 1. The van der Waals surface area contributed by atoms with Crippen molar-refractivity contribution in [2.45, 2.75) is 6.10 Å². The molecule has 0 spiro atoms. The van der Waals surface area contributed by atoms with E-state index in [1.54, 1.807) is 0 Å². The molecule has 0 radical (unpaired) electrons. The molecule has 0 aliphatic carbocycles. The molecule has 3 rings (SSSR count). The van der Waals surface area contributed by atoms with Crippen LogP contribution in [0.3, 0.4) is 0 Å². The quantitative estimate of drug-likeness (QED) is 0.799. The zero-order chi connectivity index (χ0) is 13.4. The van der Waals surface area contributed by atoms with Crippen molar-refractivity contribution in [1.29, 1.82) is 0 Å². The Balaban J connectivity index is 1.99. The van der Waals surface area contributed by atoms with Gasteiger partial charge in [-0.05, 0) is 40.2 Å². The molecule has 2 aromatic carbocycles. The van der Waals surface area contributed by atoms with E-state index in [1.165, 1.54) is 0 Å². The summed E-state index contributed by atoms with van der Waals surface area (Å²) in [7, 11) is 0. The van der Waals surface area contributed by atoms with E-state index < -0.39 is 6.10 Å². The second-order valence-corrected chi connectivity index (χ2v) is 5.93. The molecule has 5 heteroatoms. The van der Waals surface area contributed by atoms with E-state index >= 15 is 0 Å². The minimum atomic E-state index is -0.626. The Labute approximate surface area is 127 Å². The van der Waals surface area contributed by atoms with Crippen molar-refractivity contribution in [3.63, 3.8) is 0 Å².